The zero-order valence-electron chi connectivity index (χ0n) is 12.4. The third-order valence-electron chi connectivity index (χ3n) is 3.34. The zero-order valence-corrected chi connectivity index (χ0v) is 13.3. The number of nitrogens with zero attached hydrogens (tertiary/aromatic N) is 4. The summed E-state index contributed by atoms with van der Waals surface area (Å²) in [5.41, 5.74) is -0.397. The van der Waals surface area contributed by atoms with Crippen LogP contribution in [0.2, 0.25) is 0 Å². The van der Waals surface area contributed by atoms with Crippen molar-refractivity contribution in [2.45, 2.75) is 13.0 Å². The van der Waals surface area contributed by atoms with E-state index < -0.39 is 28.2 Å². The highest BCUT2D eigenvalue weighted by Gasteiger charge is 2.25. The number of aromatic nitrogens is 2. The molecule has 1 aromatic rings. The topological polar surface area (TPSA) is 95.5 Å². The summed E-state index contributed by atoms with van der Waals surface area (Å²) in [4.78, 5) is 20.9. The van der Waals surface area contributed by atoms with Crippen molar-refractivity contribution in [1.29, 1.82) is 0 Å². The van der Waals surface area contributed by atoms with E-state index in [1.54, 1.807) is 0 Å². The molecule has 1 aromatic heterocycles. The van der Waals surface area contributed by atoms with Crippen LogP contribution in [0.3, 0.4) is 0 Å². The highest BCUT2D eigenvalue weighted by atomic mass is 32.2. The molecule has 0 spiro atoms. The van der Waals surface area contributed by atoms with Gasteiger partial charge in [0.05, 0.1) is 12.8 Å². The number of carbonyl (C=O) groups excluding carboxylic acids is 1. The third-order valence-corrected chi connectivity index (χ3v) is 4.65. The van der Waals surface area contributed by atoms with Crippen LogP contribution in [0.4, 0.5) is 13.6 Å². The fourth-order valence-electron chi connectivity index (χ4n) is 2.11. The Morgan fingerprint density at radius 1 is 1.35 bits per heavy atom. The number of urea groups is 1. The molecule has 0 saturated carbocycles. The Kier molecular flexibility index (Phi) is 5.42. The Labute approximate surface area is 132 Å². The molecule has 2 amide bonds. The van der Waals surface area contributed by atoms with Crippen LogP contribution in [0.5, 0.6) is 0 Å². The van der Waals surface area contributed by atoms with Gasteiger partial charge in [0.2, 0.25) is 10.0 Å². The van der Waals surface area contributed by atoms with Gasteiger partial charge in [-0.15, -0.1) is 0 Å². The van der Waals surface area contributed by atoms with Gasteiger partial charge in [0.1, 0.15) is 11.5 Å². The maximum atomic E-state index is 12.5. The maximum absolute atomic E-state index is 12.5. The van der Waals surface area contributed by atoms with Crippen LogP contribution in [-0.4, -0.2) is 66.1 Å². The number of hydrogen-bond donors (Lipinski definition) is 1. The fraction of sp³-hybridized carbons (Fsp3) is 0.583. The predicted octanol–water partition coefficient (Wildman–Crippen LogP) is 0.201. The molecule has 2 heterocycles. The zero-order chi connectivity index (χ0) is 17.0. The van der Waals surface area contributed by atoms with Crippen molar-refractivity contribution in [3.63, 3.8) is 0 Å². The van der Waals surface area contributed by atoms with Gasteiger partial charge in [0, 0.05) is 32.4 Å². The number of hydrogen-bond acceptors (Lipinski definition) is 5. The first-order valence-corrected chi connectivity index (χ1v) is 8.70. The molecule has 8 nitrogen and oxygen atoms in total. The molecule has 0 radical (unpaired) electrons. The van der Waals surface area contributed by atoms with E-state index in [0.29, 0.717) is 0 Å². The molecule has 1 N–H and O–H groups in total. The molecule has 0 aliphatic carbocycles. The molecule has 1 aliphatic rings. The normalized spacial score (nSPS) is 16.6. The van der Waals surface area contributed by atoms with Gasteiger partial charge in [-0.2, -0.15) is 4.31 Å². The first-order valence-electron chi connectivity index (χ1n) is 6.85. The van der Waals surface area contributed by atoms with Gasteiger partial charge in [-0.1, -0.05) is 0 Å². The van der Waals surface area contributed by atoms with Crippen molar-refractivity contribution in [2.24, 2.45) is 0 Å². The van der Waals surface area contributed by atoms with Gasteiger partial charge in [-0.05, 0) is 6.07 Å². The molecule has 11 heteroatoms. The molecule has 0 atom stereocenters. The molecular formula is C12H17F2N5O3S. The Morgan fingerprint density at radius 3 is 2.57 bits per heavy atom. The molecule has 1 saturated heterocycles. The minimum absolute atomic E-state index is 0.0777. The summed E-state index contributed by atoms with van der Waals surface area (Å²) >= 11 is 0. The number of nitrogens with one attached hydrogen (secondary N) is 1. The van der Waals surface area contributed by atoms with E-state index in [1.165, 1.54) is 15.4 Å². The van der Waals surface area contributed by atoms with E-state index in [9.17, 15) is 22.0 Å². The number of amides is 2. The average molecular weight is 349 g/mol. The van der Waals surface area contributed by atoms with Gasteiger partial charge in [-0.25, -0.2) is 32.0 Å². The van der Waals surface area contributed by atoms with Gasteiger partial charge in [0.25, 0.3) is 6.43 Å². The summed E-state index contributed by atoms with van der Waals surface area (Å²) in [6.45, 7) is 0.895. The van der Waals surface area contributed by atoms with E-state index in [4.69, 9.17) is 0 Å². The summed E-state index contributed by atoms with van der Waals surface area (Å²) in [7, 11) is -3.26. The Hall–Kier alpha value is -1.88. The number of rotatable bonds is 4. The van der Waals surface area contributed by atoms with Crippen LogP contribution in [-0.2, 0) is 16.6 Å². The molecule has 2 rings (SSSR count). The highest BCUT2D eigenvalue weighted by Crippen LogP contribution is 2.15. The lowest BCUT2D eigenvalue weighted by Crippen LogP contribution is -2.52. The van der Waals surface area contributed by atoms with Crippen LogP contribution >= 0.6 is 0 Å². The van der Waals surface area contributed by atoms with Gasteiger partial charge < -0.3 is 10.2 Å². The number of alkyl halides is 2. The van der Waals surface area contributed by atoms with E-state index in [0.717, 1.165) is 12.3 Å². The van der Waals surface area contributed by atoms with Crippen molar-refractivity contribution < 1.29 is 22.0 Å². The van der Waals surface area contributed by atoms with Crippen molar-refractivity contribution in [3.05, 3.63) is 23.8 Å². The van der Waals surface area contributed by atoms with Crippen LogP contribution in [0.25, 0.3) is 0 Å². The minimum Gasteiger partial charge on any atom is -0.331 e. The molecule has 1 aliphatic heterocycles. The highest BCUT2D eigenvalue weighted by molar-refractivity contribution is 7.88. The smallest absolute Gasteiger partial charge is 0.317 e. The Morgan fingerprint density at radius 2 is 2.00 bits per heavy atom. The van der Waals surface area contributed by atoms with Crippen LogP contribution in [0.15, 0.2) is 12.3 Å². The monoisotopic (exact) mass is 349 g/mol. The van der Waals surface area contributed by atoms with Crippen molar-refractivity contribution in [1.82, 2.24) is 24.5 Å². The predicted molar refractivity (Wildman–Crippen MR) is 77.2 cm³/mol. The molecular weight excluding hydrogens is 332 g/mol. The van der Waals surface area contributed by atoms with Gasteiger partial charge in [-0.3, -0.25) is 0 Å². The van der Waals surface area contributed by atoms with Crippen LogP contribution in [0, 0.1) is 0 Å². The van der Waals surface area contributed by atoms with Crippen molar-refractivity contribution in [2.75, 3.05) is 32.4 Å². The molecule has 1 fully saturated rings. The van der Waals surface area contributed by atoms with Crippen LogP contribution in [0.1, 0.15) is 17.9 Å². The second-order valence-electron chi connectivity index (χ2n) is 5.01. The molecule has 0 aromatic carbocycles. The lowest BCUT2D eigenvalue weighted by molar-refractivity contribution is 0.145. The number of carbonyl (C=O) groups is 1. The standard InChI is InChI=1S/C12H17F2N5O3S/c1-23(21,22)19-6-4-18(5-7-19)12(20)16-8-10-15-3-2-9(17-10)11(13)14/h2-3,11H,4-8H2,1H3,(H,16,20). The first kappa shape index (κ1) is 17.5. The summed E-state index contributed by atoms with van der Waals surface area (Å²) in [6, 6.07) is 0.699. The fourth-order valence-corrected chi connectivity index (χ4v) is 2.94. The largest absolute Gasteiger partial charge is 0.331 e. The van der Waals surface area contributed by atoms with Gasteiger partial charge in [0.15, 0.2) is 0 Å². The number of sulfonamides is 1. The molecule has 0 unspecified atom stereocenters. The molecule has 23 heavy (non-hydrogen) atoms. The second-order valence-corrected chi connectivity index (χ2v) is 6.99. The maximum Gasteiger partial charge on any atom is 0.317 e. The van der Waals surface area contributed by atoms with Gasteiger partial charge >= 0.3 is 6.03 Å². The van der Waals surface area contributed by atoms with E-state index in [2.05, 4.69) is 15.3 Å². The summed E-state index contributed by atoms with van der Waals surface area (Å²) in [6.07, 6.45) is -0.367. The molecule has 128 valence electrons. The van der Waals surface area contributed by atoms with Crippen molar-refractivity contribution >= 4 is 16.1 Å². The van der Waals surface area contributed by atoms with E-state index in [1.807, 2.05) is 0 Å². The summed E-state index contributed by atoms with van der Waals surface area (Å²) < 4.78 is 49.1. The van der Waals surface area contributed by atoms with Crippen molar-refractivity contribution in [3.8, 4) is 0 Å². The Balaban J connectivity index is 1.85. The lowest BCUT2D eigenvalue weighted by Gasteiger charge is -2.33. The number of piperazine rings is 1. The van der Waals surface area contributed by atoms with Crippen LogP contribution < -0.4 is 5.32 Å². The van der Waals surface area contributed by atoms with E-state index >= 15 is 0 Å². The van der Waals surface area contributed by atoms with E-state index in [-0.39, 0.29) is 38.5 Å². The SMILES string of the molecule is CS(=O)(=O)N1CCN(C(=O)NCc2nccc(C(F)F)n2)CC1. The number of halogens is 2. The summed E-state index contributed by atoms with van der Waals surface area (Å²) in [5.74, 6) is 0.0888. The minimum atomic E-state index is -3.26. The quantitative estimate of drug-likeness (QED) is 0.838. The third kappa shape index (κ3) is 4.79. The first-order chi connectivity index (χ1) is 10.8. The molecule has 0 bridgehead atoms. The summed E-state index contributed by atoms with van der Waals surface area (Å²) in [5, 5.41) is 2.54. The average Bonchev–Trinajstić information content (AvgIpc) is 2.52. The Bertz CT molecular complexity index is 662. The second kappa shape index (κ2) is 7.13. The lowest BCUT2D eigenvalue weighted by atomic mass is 10.4.